The number of rotatable bonds is 5. The maximum atomic E-state index is 12.8. The van der Waals surface area contributed by atoms with Gasteiger partial charge in [0.25, 0.3) is 5.91 Å². The second-order valence-electron chi connectivity index (χ2n) is 6.27. The fraction of sp³-hybridized carbons (Fsp3) is 0.211. The van der Waals surface area contributed by atoms with Crippen LogP contribution in [0.2, 0.25) is 0 Å². The van der Waals surface area contributed by atoms with Crippen molar-refractivity contribution in [2.24, 2.45) is 0 Å². The van der Waals surface area contributed by atoms with Gasteiger partial charge in [0, 0.05) is 18.4 Å². The van der Waals surface area contributed by atoms with Gasteiger partial charge in [0.15, 0.2) is 0 Å². The average Bonchev–Trinajstić information content (AvgIpc) is 3.38. The molecule has 0 aliphatic rings. The Bertz CT molecular complexity index is 1210. The lowest BCUT2D eigenvalue weighted by atomic mass is 10.1. The smallest absolute Gasteiger partial charge is 0.257 e. The van der Waals surface area contributed by atoms with Crippen LogP contribution in [0.1, 0.15) is 28.7 Å². The lowest BCUT2D eigenvalue weighted by Crippen LogP contribution is -2.29. The molecule has 0 bridgehead atoms. The van der Waals surface area contributed by atoms with E-state index >= 15 is 0 Å². The molecule has 8 nitrogen and oxygen atoms in total. The molecule has 4 aromatic rings. The van der Waals surface area contributed by atoms with Crippen LogP contribution in [-0.2, 0) is 13.1 Å². The molecule has 0 unspecified atom stereocenters. The van der Waals surface area contributed by atoms with Gasteiger partial charge in [-0.2, -0.15) is 0 Å². The molecule has 0 atom stereocenters. The monoisotopic (exact) mass is 394 g/mol. The third-order valence-corrected chi connectivity index (χ3v) is 5.21. The summed E-state index contributed by atoms with van der Waals surface area (Å²) in [7, 11) is 0. The zero-order valence-electron chi connectivity index (χ0n) is 15.4. The van der Waals surface area contributed by atoms with E-state index in [1.54, 1.807) is 40.5 Å². The quantitative estimate of drug-likeness (QED) is 0.560. The summed E-state index contributed by atoms with van der Waals surface area (Å²) in [6, 6.07) is 7.35. The molecule has 9 heteroatoms. The van der Waals surface area contributed by atoms with Crippen LogP contribution in [0.5, 0.6) is 0 Å². The third kappa shape index (κ3) is 3.31. The number of nitrogens with one attached hydrogen (secondary N) is 1. The van der Waals surface area contributed by atoms with E-state index in [9.17, 15) is 9.59 Å². The van der Waals surface area contributed by atoms with Gasteiger partial charge in [-0.15, -0.1) is 16.4 Å². The Morgan fingerprint density at radius 2 is 2.11 bits per heavy atom. The molecular formula is C19H18N6O2S. The molecule has 0 fully saturated rings. The van der Waals surface area contributed by atoms with E-state index in [4.69, 9.17) is 0 Å². The van der Waals surface area contributed by atoms with Crippen LogP contribution >= 0.6 is 11.3 Å². The number of aromatic nitrogens is 5. The number of carbonyl (C=O) groups is 1. The van der Waals surface area contributed by atoms with Gasteiger partial charge in [0.05, 0.1) is 18.1 Å². The molecule has 0 radical (unpaired) electrons. The predicted octanol–water partition coefficient (Wildman–Crippen LogP) is 2.30. The van der Waals surface area contributed by atoms with Crippen LogP contribution in [0.3, 0.4) is 0 Å². The van der Waals surface area contributed by atoms with Gasteiger partial charge >= 0.3 is 0 Å². The maximum absolute atomic E-state index is 12.8. The fourth-order valence-corrected chi connectivity index (χ4v) is 3.57. The Hall–Kier alpha value is -3.33. The number of aryl methyl sites for hydroxylation is 2. The third-order valence-electron chi connectivity index (χ3n) is 4.35. The summed E-state index contributed by atoms with van der Waals surface area (Å²) in [4.78, 5) is 29.9. The summed E-state index contributed by atoms with van der Waals surface area (Å²) in [5.74, 6) is -0.444. The van der Waals surface area contributed by atoms with E-state index in [0.29, 0.717) is 23.3 Å². The highest BCUT2D eigenvalue weighted by Crippen LogP contribution is 2.14. The van der Waals surface area contributed by atoms with E-state index < -0.39 is 5.91 Å². The lowest BCUT2D eigenvalue weighted by molar-refractivity contribution is 0.0949. The van der Waals surface area contributed by atoms with Crippen LogP contribution in [0.25, 0.3) is 16.0 Å². The van der Waals surface area contributed by atoms with Gasteiger partial charge in [-0.05, 0) is 43.5 Å². The summed E-state index contributed by atoms with van der Waals surface area (Å²) < 4.78 is 3.46. The van der Waals surface area contributed by atoms with Crippen molar-refractivity contribution < 1.29 is 4.79 Å². The van der Waals surface area contributed by atoms with Crippen LogP contribution in [0, 0.1) is 6.92 Å². The van der Waals surface area contributed by atoms with Crippen LogP contribution < -0.4 is 10.7 Å². The molecule has 0 aromatic carbocycles. The highest BCUT2D eigenvalue weighted by Gasteiger charge is 2.16. The minimum Gasteiger partial charge on any atom is -0.346 e. The molecule has 142 valence electrons. The molecule has 4 heterocycles. The zero-order chi connectivity index (χ0) is 19.7. The predicted molar refractivity (Wildman–Crippen MR) is 107 cm³/mol. The van der Waals surface area contributed by atoms with Gasteiger partial charge in [0.1, 0.15) is 21.9 Å². The fourth-order valence-electron chi connectivity index (χ4n) is 2.92. The Labute approximate surface area is 164 Å². The van der Waals surface area contributed by atoms with Crippen LogP contribution in [-0.4, -0.2) is 30.5 Å². The summed E-state index contributed by atoms with van der Waals surface area (Å²) in [6.07, 6.45) is 3.32. The van der Waals surface area contributed by atoms with Crippen LogP contribution in [0.4, 0.5) is 0 Å². The van der Waals surface area contributed by atoms with E-state index in [2.05, 4.69) is 20.6 Å². The number of pyridine rings is 2. The Kier molecular flexibility index (Phi) is 4.74. The van der Waals surface area contributed by atoms with E-state index in [0.717, 1.165) is 10.7 Å². The second kappa shape index (κ2) is 7.35. The highest BCUT2D eigenvalue weighted by atomic mass is 32.1. The first-order valence-corrected chi connectivity index (χ1v) is 9.69. The number of hydrogen-bond donors (Lipinski definition) is 1. The number of carbonyl (C=O) groups excluding carboxylic acids is 1. The minimum absolute atomic E-state index is 0.0886. The SMILES string of the molecule is CCn1cc(C(=O)NCc2cn(-c3cccs3)nn2)c(=O)c2ccc(C)nc21. The minimum atomic E-state index is -0.444. The molecule has 4 aromatic heterocycles. The van der Waals surface area contributed by atoms with Crippen molar-refractivity contribution in [1.82, 2.24) is 29.9 Å². The zero-order valence-corrected chi connectivity index (χ0v) is 16.2. The average molecular weight is 394 g/mol. The Balaban J connectivity index is 1.58. The van der Waals surface area contributed by atoms with Crippen molar-refractivity contribution in [1.29, 1.82) is 0 Å². The van der Waals surface area contributed by atoms with Gasteiger partial charge in [0.2, 0.25) is 5.43 Å². The molecule has 0 aliphatic heterocycles. The lowest BCUT2D eigenvalue weighted by Gasteiger charge is -2.11. The largest absolute Gasteiger partial charge is 0.346 e. The molecule has 4 rings (SSSR count). The maximum Gasteiger partial charge on any atom is 0.257 e. The number of thiophene rings is 1. The first-order chi connectivity index (χ1) is 13.6. The Morgan fingerprint density at radius 1 is 1.25 bits per heavy atom. The van der Waals surface area contributed by atoms with E-state index in [1.807, 2.05) is 35.9 Å². The van der Waals surface area contributed by atoms with Gasteiger partial charge < -0.3 is 9.88 Å². The van der Waals surface area contributed by atoms with Gasteiger partial charge in [-0.25, -0.2) is 9.67 Å². The summed E-state index contributed by atoms with van der Waals surface area (Å²) in [5.41, 5.74) is 1.77. The van der Waals surface area contributed by atoms with Crippen molar-refractivity contribution in [2.45, 2.75) is 26.9 Å². The number of fused-ring (bicyclic) bond motifs is 1. The van der Waals surface area contributed by atoms with Crippen molar-refractivity contribution in [3.63, 3.8) is 0 Å². The summed E-state index contributed by atoms with van der Waals surface area (Å²) >= 11 is 1.54. The standard InChI is InChI=1S/C19H18N6O2S/c1-3-24-11-15(17(26)14-7-6-12(2)21-18(14)24)19(27)20-9-13-10-25(23-22-13)16-5-4-8-28-16/h4-8,10-11H,3,9H2,1-2H3,(H,20,27). The normalized spacial score (nSPS) is 11.1. The molecule has 0 spiro atoms. The van der Waals surface area contributed by atoms with Crippen molar-refractivity contribution in [3.8, 4) is 5.00 Å². The molecule has 0 saturated heterocycles. The summed E-state index contributed by atoms with van der Waals surface area (Å²) in [5, 5.41) is 14.2. The molecule has 0 saturated carbocycles. The molecule has 0 aliphatic carbocycles. The molecule has 1 N–H and O–H groups in total. The first kappa shape index (κ1) is 18.1. The van der Waals surface area contributed by atoms with Gasteiger partial charge in [-0.3, -0.25) is 9.59 Å². The molecular weight excluding hydrogens is 376 g/mol. The van der Waals surface area contributed by atoms with Crippen molar-refractivity contribution in [3.05, 3.63) is 69.2 Å². The number of hydrogen-bond acceptors (Lipinski definition) is 6. The Morgan fingerprint density at radius 3 is 2.86 bits per heavy atom. The highest BCUT2D eigenvalue weighted by molar-refractivity contribution is 7.12. The molecule has 1 amide bonds. The van der Waals surface area contributed by atoms with E-state index in [-0.39, 0.29) is 17.5 Å². The topological polar surface area (TPSA) is 94.7 Å². The number of amides is 1. The first-order valence-electron chi connectivity index (χ1n) is 8.81. The van der Waals surface area contributed by atoms with Crippen molar-refractivity contribution in [2.75, 3.05) is 0 Å². The van der Waals surface area contributed by atoms with Gasteiger partial charge in [-0.1, -0.05) is 5.21 Å². The number of nitrogens with zero attached hydrogens (tertiary/aromatic N) is 5. The second-order valence-corrected chi connectivity index (χ2v) is 7.20. The summed E-state index contributed by atoms with van der Waals surface area (Å²) in [6.45, 7) is 4.59. The van der Waals surface area contributed by atoms with Crippen molar-refractivity contribution >= 4 is 28.3 Å². The van der Waals surface area contributed by atoms with Crippen LogP contribution in [0.15, 0.2) is 46.8 Å². The molecule has 28 heavy (non-hydrogen) atoms. The van der Waals surface area contributed by atoms with E-state index in [1.165, 1.54) is 0 Å².